The molecule has 0 saturated carbocycles. The molecule has 36 heavy (non-hydrogen) atoms. The van der Waals surface area contributed by atoms with Gasteiger partial charge in [-0.25, -0.2) is 0 Å². The van der Waals surface area contributed by atoms with Gasteiger partial charge in [0.2, 0.25) is 5.91 Å². The van der Waals surface area contributed by atoms with Gasteiger partial charge in [-0.1, -0.05) is 99.0 Å². The molecule has 2 aliphatic heterocycles. The second-order valence-electron chi connectivity index (χ2n) is 8.84. The van der Waals surface area contributed by atoms with E-state index in [4.69, 9.17) is 23.8 Å². The van der Waals surface area contributed by atoms with Crippen LogP contribution in [0.1, 0.15) is 45.1 Å². The van der Waals surface area contributed by atoms with E-state index in [9.17, 15) is 14.4 Å². The summed E-state index contributed by atoms with van der Waals surface area (Å²) in [5.74, 6) is -0.653. The van der Waals surface area contributed by atoms with Gasteiger partial charge < -0.3 is 5.32 Å². The number of para-hydroxylation sites is 2. The van der Waals surface area contributed by atoms with Gasteiger partial charge in [-0.3, -0.25) is 24.2 Å². The summed E-state index contributed by atoms with van der Waals surface area (Å²) in [5, 5.41) is 3.17. The monoisotopic (exact) mass is 541 g/mol. The Kier molecular flexibility index (Phi) is 8.49. The molecule has 2 heterocycles. The van der Waals surface area contributed by atoms with Gasteiger partial charge in [0.15, 0.2) is 0 Å². The number of fused-ring (bicyclic) bond motifs is 1. The molecule has 1 N–H and O–H groups in total. The average Bonchev–Trinajstić information content (AvgIpc) is 3.30. The fraction of sp³-hybridized carbons (Fsp3) is 0.333. The summed E-state index contributed by atoms with van der Waals surface area (Å²) in [6, 6.07) is 14.1. The van der Waals surface area contributed by atoms with E-state index >= 15 is 0 Å². The maximum atomic E-state index is 13.6. The van der Waals surface area contributed by atoms with E-state index in [2.05, 4.69) is 19.2 Å². The van der Waals surface area contributed by atoms with Gasteiger partial charge in [0, 0.05) is 12.1 Å². The quantitative estimate of drug-likeness (QED) is 0.306. The highest BCUT2D eigenvalue weighted by Gasteiger charge is 2.42. The van der Waals surface area contributed by atoms with Crippen molar-refractivity contribution in [3.63, 3.8) is 0 Å². The molecule has 1 saturated heterocycles. The lowest BCUT2D eigenvalue weighted by atomic mass is 9.98. The van der Waals surface area contributed by atoms with E-state index < -0.39 is 0 Å². The molecule has 0 radical (unpaired) electrons. The summed E-state index contributed by atoms with van der Waals surface area (Å²) >= 11 is 12.9. The Hall–Kier alpha value is -2.68. The van der Waals surface area contributed by atoms with Gasteiger partial charge in [0.05, 0.1) is 26.9 Å². The number of hydrogen-bond donors (Lipinski definition) is 1. The molecule has 9 heteroatoms. The Morgan fingerprint density at radius 1 is 1.06 bits per heavy atom. The lowest BCUT2D eigenvalue weighted by Gasteiger charge is -2.21. The number of carbonyl (C=O) groups is 3. The summed E-state index contributed by atoms with van der Waals surface area (Å²) in [5.41, 5.74) is 1.99. The first-order valence-electron chi connectivity index (χ1n) is 12.1. The molecule has 1 fully saturated rings. The van der Waals surface area contributed by atoms with Gasteiger partial charge in [-0.2, -0.15) is 0 Å². The summed E-state index contributed by atoms with van der Waals surface area (Å²) in [6.45, 7) is 4.62. The average molecular weight is 542 g/mol. The minimum atomic E-state index is -0.387. The van der Waals surface area contributed by atoms with E-state index in [-0.39, 0.29) is 24.3 Å². The Balaban J connectivity index is 1.60. The van der Waals surface area contributed by atoms with Crippen molar-refractivity contribution in [3.8, 4) is 0 Å². The van der Waals surface area contributed by atoms with Crippen molar-refractivity contribution < 1.29 is 14.4 Å². The third-order valence-electron chi connectivity index (χ3n) is 6.43. The molecule has 0 aliphatic carbocycles. The number of amides is 3. The van der Waals surface area contributed by atoms with E-state index in [1.54, 1.807) is 47.4 Å². The van der Waals surface area contributed by atoms with Crippen LogP contribution in [0.5, 0.6) is 0 Å². The van der Waals surface area contributed by atoms with Crippen molar-refractivity contribution in [3.05, 3.63) is 64.0 Å². The summed E-state index contributed by atoms with van der Waals surface area (Å²) in [6.07, 6.45) is 4.20. The van der Waals surface area contributed by atoms with Crippen molar-refractivity contribution in [1.29, 1.82) is 0 Å². The second-order valence-corrected chi connectivity index (χ2v) is 10.9. The Morgan fingerprint density at radius 2 is 1.78 bits per heavy atom. The predicted molar refractivity (Wildman–Crippen MR) is 151 cm³/mol. The number of nitrogens with zero attached hydrogens (tertiary/aromatic N) is 2. The highest BCUT2D eigenvalue weighted by Crippen LogP contribution is 2.44. The lowest BCUT2D eigenvalue weighted by Crippen LogP contribution is -2.36. The minimum absolute atomic E-state index is 0.209. The van der Waals surface area contributed by atoms with Crippen molar-refractivity contribution in [1.82, 2.24) is 4.90 Å². The van der Waals surface area contributed by atoms with Crippen LogP contribution < -0.4 is 10.2 Å². The first-order chi connectivity index (χ1) is 17.3. The standard InChI is InChI=1S/C27H28ClN3O3S2/c1-3-5-10-17(4-2)15-31-26(34)24(36-27(31)35)23-18-11-6-9-14-21(18)30(25(23)33)16-22(32)29-20-13-8-7-12-19(20)28/h6-9,11-14,17H,3-5,10,15-16H2,1-2H3,(H,29,32)/b24-23-/t17-/m1/s1. The number of nitrogens with one attached hydrogen (secondary N) is 1. The number of hydrogen-bond acceptors (Lipinski definition) is 5. The maximum absolute atomic E-state index is 13.6. The molecule has 2 aromatic carbocycles. The number of benzene rings is 2. The van der Waals surface area contributed by atoms with Gasteiger partial charge in [-0.05, 0) is 30.5 Å². The lowest BCUT2D eigenvalue weighted by molar-refractivity contribution is -0.123. The number of unbranched alkanes of at least 4 members (excludes halogenated alkanes) is 1. The fourth-order valence-electron chi connectivity index (χ4n) is 4.43. The van der Waals surface area contributed by atoms with E-state index in [0.29, 0.717) is 49.2 Å². The molecule has 2 aliphatic rings. The Bertz CT molecular complexity index is 1250. The molecule has 3 amide bonds. The molecule has 6 nitrogen and oxygen atoms in total. The molecule has 188 valence electrons. The first kappa shape index (κ1) is 26.4. The second kappa shape index (κ2) is 11.6. The highest BCUT2D eigenvalue weighted by atomic mass is 35.5. The molecule has 2 aromatic rings. The zero-order chi connectivity index (χ0) is 25.8. The van der Waals surface area contributed by atoms with Crippen LogP contribution in [-0.4, -0.2) is 40.0 Å². The van der Waals surface area contributed by atoms with E-state index in [1.807, 2.05) is 6.07 Å². The first-order valence-corrected chi connectivity index (χ1v) is 13.7. The largest absolute Gasteiger partial charge is 0.323 e. The Morgan fingerprint density at radius 3 is 2.50 bits per heavy atom. The predicted octanol–water partition coefficient (Wildman–Crippen LogP) is 6.11. The van der Waals surface area contributed by atoms with E-state index in [0.717, 1.165) is 25.7 Å². The van der Waals surface area contributed by atoms with Crippen LogP contribution in [0.25, 0.3) is 5.57 Å². The number of halogens is 1. The molecule has 0 spiro atoms. The SMILES string of the molecule is CCCC[C@@H](CC)CN1C(=O)/C(=C2/C(=O)N(CC(=O)Nc3ccccc3Cl)c3ccccc32)SC1=S. The van der Waals surface area contributed by atoms with Crippen LogP contribution in [0, 0.1) is 5.92 Å². The number of anilines is 2. The number of thiocarbonyl (C=S) groups is 1. The summed E-state index contributed by atoms with van der Waals surface area (Å²) in [7, 11) is 0. The third kappa shape index (κ3) is 5.36. The zero-order valence-electron chi connectivity index (χ0n) is 20.3. The van der Waals surface area contributed by atoms with Crippen LogP contribution in [-0.2, 0) is 14.4 Å². The Labute approximate surface area is 226 Å². The fourth-order valence-corrected chi connectivity index (χ4v) is 5.96. The van der Waals surface area contributed by atoms with Crippen molar-refractivity contribution in [2.45, 2.75) is 39.5 Å². The van der Waals surface area contributed by atoms with Crippen molar-refractivity contribution in [2.75, 3.05) is 23.3 Å². The molecule has 4 rings (SSSR count). The van der Waals surface area contributed by atoms with Crippen molar-refractivity contribution in [2.24, 2.45) is 5.92 Å². The smallest absolute Gasteiger partial charge is 0.267 e. The van der Waals surface area contributed by atoms with Crippen LogP contribution in [0.15, 0.2) is 53.4 Å². The van der Waals surface area contributed by atoms with Gasteiger partial charge in [0.25, 0.3) is 11.8 Å². The van der Waals surface area contributed by atoms with Crippen LogP contribution in [0.4, 0.5) is 11.4 Å². The third-order valence-corrected chi connectivity index (χ3v) is 8.21. The highest BCUT2D eigenvalue weighted by molar-refractivity contribution is 8.26. The van der Waals surface area contributed by atoms with Crippen LogP contribution >= 0.6 is 35.6 Å². The van der Waals surface area contributed by atoms with Crippen LogP contribution in [0.3, 0.4) is 0 Å². The number of rotatable bonds is 9. The summed E-state index contributed by atoms with van der Waals surface area (Å²) in [4.78, 5) is 43.3. The van der Waals surface area contributed by atoms with E-state index in [1.165, 1.54) is 16.7 Å². The molecule has 0 bridgehead atoms. The van der Waals surface area contributed by atoms with Gasteiger partial charge >= 0.3 is 0 Å². The number of thioether (sulfide) groups is 1. The van der Waals surface area contributed by atoms with Gasteiger partial charge in [-0.15, -0.1) is 0 Å². The summed E-state index contributed by atoms with van der Waals surface area (Å²) < 4.78 is 0.470. The van der Waals surface area contributed by atoms with Crippen LogP contribution in [0.2, 0.25) is 5.02 Å². The molecular formula is C27H28ClN3O3S2. The van der Waals surface area contributed by atoms with Gasteiger partial charge in [0.1, 0.15) is 10.9 Å². The minimum Gasteiger partial charge on any atom is -0.323 e. The molecular weight excluding hydrogens is 514 g/mol. The maximum Gasteiger partial charge on any atom is 0.267 e. The molecule has 1 atom stereocenters. The normalized spacial score (nSPS) is 18.1. The topological polar surface area (TPSA) is 69.7 Å². The molecule has 0 aromatic heterocycles. The molecule has 0 unspecified atom stereocenters. The van der Waals surface area contributed by atoms with Crippen molar-refractivity contribution >= 4 is 74.6 Å². The number of carbonyl (C=O) groups excluding carboxylic acids is 3. The zero-order valence-corrected chi connectivity index (χ0v) is 22.6.